The topological polar surface area (TPSA) is 44.5 Å². The third-order valence-corrected chi connectivity index (χ3v) is 4.28. The number of hydrogen-bond acceptors (Lipinski definition) is 3. The molecule has 2 N–H and O–H groups in total. The fourth-order valence-corrected chi connectivity index (χ4v) is 3.08. The maximum atomic E-state index is 6.27. The summed E-state index contributed by atoms with van der Waals surface area (Å²) in [6.07, 6.45) is 6.74. The van der Waals surface area contributed by atoms with Gasteiger partial charge in [0.1, 0.15) is 5.75 Å². The zero-order valence-electron chi connectivity index (χ0n) is 11.5. The summed E-state index contributed by atoms with van der Waals surface area (Å²) >= 11 is 0. The lowest BCUT2D eigenvalue weighted by Gasteiger charge is -2.23. The average Bonchev–Trinajstić information content (AvgIpc) is 3.03. The van der Waals surface area contributed by atoms with Crippen molar-refractivity contribution < 1.29 is 9.47 Å². The molecule has 2 aliphatic rings. The van der Waals surface area contributed by atoms with Gasteiger partial charge in [0.2, 0.25) is 0 Å². The van der Waals surface area contributed by atoms with E-state index in [0.717, 1.165) is 44.6 Å². The van der Waals surface area contributed by atoms with Crippen LogP contribution in [0.1, 0.15) is 36.8 Å². The Kier molecular flexibility index (Phi) is 3.76. The Morgan fingerprint density at radius 2 is 2.11 bits per heavy atom. The highest BCUT2D eigenvalue weighted by Gasteiger charge is 2.29. The van der Waals surface area contributed by atoms with Gasteiger partial charge in [0.15, 0.2) is 0 Å². The lowest BCUT2D eigenvalue weighted by atomic mass is 10.0. The Morgan fingerprint density at radius 1 is 1.26 bits per heavy atom. The van der Waals surface area contributed by atoms with Crippen LogP contribution in [0.5, 0.6) is 5.75 Å². The van der Waals surface area contributed by atoms with Crippen molar-refractivity contribution in [3.63, 3.8) is 0 Å². The molecule has 1 aromatic rings. The van der Waals surface area contributed by atoms with E-state index in [1.165, 1.54) is 24.0 Å². The number of ether oxygens (including phenoxy) is 2. The minimum Gasteiger partial charge on any atom is -0.493 e. The van der Waals surface area contributed by atoms with Crippen LogP contribution >= 0.6 is 0 Å². The summed E-state index contributed by atoms with van der Waals surface area (Å²) in [5.74, 6) is 1.05. The van der Waals surface area contributed by atoms with Gasteiger partial charge in [-0.05, 0) is 36.5 Å². The van der Waals surface area contributed by atoms with E-state index in [1.54, 1.807) is 0 Å². The van der Waals surface area contributed by atoms with Crippen LogP contribution in [0.3, 0.4) is 0 Å². The van der Waals surface area contributed by atoms with E-state index >= 15 is 0 Å². The van der Waals surface area contributed by atoms with Crippen LogP contribution in [0, 0.1) is 0 Å². The zero-order chi connectivity index (χ0) is 13.1. The normalized spacial score (nSPS) is 20.3. The molecule has 1 saturated carbocycles. The van der Waals surface area contributed by atoms with Crippen molar-refractivity contribution in [2.24, 2.45) is 5.73 Å². The van der Waals surface area contributed by atoms with Gasteiger partial charge in [0.25, 0.3) is 0 Å². The number of benzene rings is 1. The van der Waals surface area contributed by atoms with Crippen LogP contribution < -0.4 is 10.5 Å². The zero-order valence-corrected chi connectivity index (χ0v) is 11.5. The standard InChI is InChI=1S/C16H23NO2/c17-16(7-1-2-8-16)12-18-9-5-13-3-4-15-14(11-13)6-10-19-15/h3-4,11H,1-2,5-10,12,17H2. The summed E-state index contributed by atoms with van der Waals surface area (Å²) in [6.45, 7) is 2.30. The minimum absolute atomic E-state index is 0.0498. The van der Waals surface area contributed by atoms with Gasteiger partial charge >= 0.3 is 0 Å². The fourth-order valence-electron chi connectivity index (χ4n) is 3.08. The van der Waals surface area contributed by atoms with Crippen LogP contribution in [0.4, 0.5) is 0 Å². The van der Waals surface area contributed by atoms with Crippen molar-refractivity contribution in [3.8, 4) is 5.75 Å². The summed E-state index contributed by atoms with van der Waals surface area (Å²) in [5, 5.41) is 0. The summed E-state index contributed by atoms with van der Waals surface area (Å²) in [5.41, 5.74) is 8.89. The molecule has 0 bridgehead atoms. The van der Waals surface area contributed by atoms with E-state index in [0.29, 0.717) is 6.61 Å². The molecule has 1 aliphatic carbocycles. The molecule has 104 valence electrons. The Hall–Kier alpha value is -1.06. The molecule has 1 aliphatic heterocycles. The fraction of sp³-hybridized carbons (Fsp3) is 0.625. The first-order valence-corrected chi connectivity index (χ1v) is 7.36. The van der Waals surface area contributed by atoms with Crippen molar-refractivity contribution in [1.29, 1.82) is 0 Å². The van der Waals surface area contributed by atoms with E-state index in [2.05, 4.69) is 18.2 Å². The third kappa shape index (κ3) is 3.10. The van der Waals surface area contributed by atoms with Crippen molar-refractivity contribution in [3.05, 3.63) is 29.3 Å². The number of hydrogen-bond donors (Lipinski definition) is 1. The molecule has 0 radical (unpaired) electrons. The molecule has 1 fully saturated rings. The summed E-state index contributed by atoms with van der Waals surface area (Å²) < 4.78 is 11.3. The van der Waals surface area contributed by atoms with Crippen molar-refractivity contribution >= 4 is 0 Å². The minimum atomic E-state index is -0.0498. The molecule has 3 heteroatoms. The molecule has 0 spiro atoms. The van der Waals surface area contributed by atoms with Gasteiger partial charge in [-0.1, -0.05) is 25.0 Å². The van der Waals surface area contributed by atoms with Crippen LogP contribution in [0.25, 0.3) is 0 Å². The molecule has 3 rings (SSSR count). The molecule has 0 atom stereocenters. The van der Waals surface area contributed by atoms with Gasteiger partial charge in [-0.2, -0.15) is 0 Å². The van der Waals surface area contributed by atoms with E-state index in [1.807, 2.05) is 0 Å². The average molecular weight is 261 g/mol. The largest absolute Gasteiger partial charge is 0.493 e. The number of rotatable bonds is 5. The quantitative estimate of drug-likeness (QED) is 0.828. The first-order chi connectivity index (χ1) is 9.25. The van der Waals surface area contributed by atoms with Gasteiger partial charge in [0, 0.05) is 12.0 Å². The maximum Gasteiger partial charge on any atom is 0.122 e. The van der Waals surface area contributed by atoms with Gasteiger partial charge < -0.3 is 15.2 Å². The monoisotopic (exact) mass is 261 g/mol. The highest BCUT2D eigenvalue weighted by molar-refractivity contribution is 5.39. The molecular formula is C16H23NO2. The molecule has 0 saturated heterocycles. The van der Waals surface area contributed by atoms with E-state index < -0.39 is 0 Å². The van der Waals surface area contributed by atoms with E-state index in [-0.39, 0.29) is 5.54 Å². The first kappa shape index (κ1) is 12.9. The molecule has 0 aromatic heterocycles. The predicted molar refractivity (Wildman–Crippen MR) is 75.6 cm³/mol. The summed E-state index contributed by atoms with van der Waals surface area (Å²) in [7, 11) is 0. The highest BCUT2D eigenvalue weighted by atomic mass is 16.5. The van der Waals surface area contributed by atoms with Crippen LogP contribution in [0.2, 0.25) is 0 Å². The molecule has 19 heavy (non-hydrogen) atoms. The smallest absolute Gasteiger partial charge is 0.122 e. The second-order valence-electron chi connectivity index (χ2n) is 5.91. The molecule has 0 unspecified atom stereocenters. The van der Waals surface area contributed by atoms with Gasteiger partial charge in [-0.3, -0.25) is 0 Å². The maximum absolute atomic E-state index is 6.27. The Balaban J connectivity index is 1.45. The second kappa shape index (κ2) is 5.51. The Labute approximate surface area is 115 Å². The summed E-state index contributed by atoms with van der Waals surface area (Å²) in [4.78, 5) is 0. The SMILES string of the molecule is NC1(COCCc2ccc3c(c2)CCO3)CCCC1. The Morgan fingerprint density at radius 3 is 2.95 bits per heavy atom. The summed E-state index contributed by atoms with van der Waals surface area (Å²) in [6, 6.07) is 6.47. The lowest BCUT2D eigenvalue weighted by molar-refractivity contribution is 0.0890. The Bertz CT molecular complexity index is 438. The van der Waals surface area contributed by atoms with Gasteiger partial charge in [-0.25, -0.2) is 0 Å². The third-order valence-electron chi connectivity index (χ3n) is 4.28. The number of nitrogens with two attached hydrogens (primary N) is 1. The van der Waals surface area contributed by atoms with Crippen molar-refractivity contribution in [2.45, 2.75) is 44.1 Å². The second-order valence-corrected chi connectivity index (χ2v) is 5.91. The van der Waals surface area contributed by atoms with Crippen molar-refractivity contribution in [1.82, 2.24) is 0 Å². The molecule has 3 nitrogen and oxygen atoms in total. The van der Waals surface area contributed by atoms with Gasteiger partial charge in [-0.15, -0.1) is 0 Å². The lowest BCUT2D eigenvalue weighted by Crippen LogP contribution is -2.41. The van der Waals surface area contributed by atoms with Crippen molar-refractivity contribution in [2.75, 3.05) is 19.8 Å². The number of fused-ring (bicyclic) bond motifs is 1. The molecule has 0 amide bonds. The van der Waals surface area contributed by atoms with Crippen LogP contribution in [-0.2, 0) is 17.6 Å². The van der Waals surface area contributed by atoms with Crippen LogP contribution in [0.15, 0.2) is 18.2 Å². The molecule has 1 heterocycles. The van der Waals surface area contributed by atoms with E-state index in [9.17, 15) is 0 Å². The van der Waals surface area contributed by atoms with E-state index in [4.69, 9.17) is 15.2 Å². The highest BCUT2D eigenvalue weighted by Crippen LogP contribution is 2.28. The molecular weight excluding hydrogens is 238 g/mol. The predicted octanol–water partition coefficient (Wildman–Crippen LogP) is 2.45. The van der Waals surface area contributed by atoms with Gasteiger partial charge in [0.05, 0.1) is 19.8 Å². The van der Waals surface area contributed by atoms with Crippen LogP contribution in [-0.4, -0.2) is 25.4 Å². The first-order valence-electron chi connectivity index (χ1n) is 7.36. The molecule has 1 aromatic carbocycles.